The van der Waals surface area contributed by atoms with Crippen molar-refractivity contribution in [2.24, 2.45) is 5.73 Å². The van der Waals surface area contributed by atoms with Gasteiger partial charge in [0.25, 0.3) is 0 Å². The van der Waals surface area contributed by atoms with Gasteiger partial charge in [0.15, 0.2) is 0 Å². The number of hydrogen-bond acceptors (Lipinski definition) is 3. The molecule has 0 unspecified atom stereocenters. The van der Waals surface area contributed by atoms with Crippen LogP contribution in [0, 0.1) is 0 Å². The van der Waals surface area contributed by atoms with Crippen molar-refractivity contribution < 1.29 is 4.79 Å². The minimum atomic E-state index is -0.428. The fraction of sp³-hybridized carbons (Fsp3) is 0.333. The number of nitrogens with one attached hydrogen (secondary N) is 1. The van der Waals surface area contributed by atoms with Gasteiger partial charge in [-0.1, -0.05) is 0 Å². The maximum absolute atomic E-state index is 10.1. The van der Waals surface area contributed by atoms with E-state index in [1.807, 2.05) is 0 Å². The average molecular weight is 139 g/mol. The maximum atomic E-state index is 10.1. The van der Waals surface area contributed by atoms with Crippen LogP contribution in [0.4, 0.5) is 0 Å². The van der Waals surface area contributed by atoms with Crippen molar-refractivity contribution in [3.8, 4) is 0 Å². The fourth-order valence-electron chi connectivity index (χ4n) is 0.694. The van der Waals surface area contributed by atoms with Crippen LogP contribution in [-0.2, 0) is 11.2 Å². The van der Waals surface area contributed by atoms with Crippen LogP contribution in [0.15, 0.2) is 12.3 Å². The molecule has 0 fully saturated rings. The van der Waals surface area contributed by atoms with E-state index in [0.29, 0.717) is 12.7 Å². The van der Waals surface area contributed by atoms with Crippen LogP contribution in [0.25, 0.3) is 0 Å². The molecule has 3 N–H and O–H groups in total. The summed E-state index contributed by atoms with van der Waals surface area (Å²) in [7, 11) is 0. The molecule has 1 rings (SSSR count). The van der Waals surface area contributed by atoms with Gasteiger partial charge in [-0.15, -0.1) is 0 Å². The molecule has 0 saturated carbocycles. The second kappa shape index (κ2) is 3.12. The smallest absolute Gasteiger partial charge is 0.137 e. The van der Waals surface area contributed by atoms with E-state index in [1.165, 1.54) is 0 Å². The zero-order valence-corrected chi connectivity index (χ0v) is 5.45. The first kappa shape index (κ1) is 6.95. The summed E-state index contributed by atoms with van der Waals surface area (Å²) in [6.45, 7) is 0. The summed E-state index contributed by atoms with van der Waals surface area (Å²) in [4.78, 5) is 10.1. The topological polar surface area (TPSA) is 71.8 Å². The molecule has 0 radical (unpaired) electrons. The first-order chi connectivity index (χ1) is 4.83. The fourth-order valence-corrected chi connectivity index (χ4v) is 0.694. The van der Waals surface area contributed by atoms with Crippen molar-refractivity contribution in [3.63, 3.8) is 0 Å². The molecule has 0 aliphatic rings. The molecule has 0 spiro atoms. The molecular weight excluding hydrogens is 130 g/mol. The Kier molecular flexibility index (Phi) is 2.17. The summed E-state index contributed by atoms with van der Waals surface area (Å²) in [6, 6.07) is 1.37. The van der Waals surface area contributed by atoms with E-state index in [2.05, 4.69) is 10.2 Å². The second-order valence-corrected chi connectivity index (χ2v) is 2.07. The lowest BCUT2D eigenvalue weighted by molar-refractivity contribution is -0.108. The first-order valence-electron chi connectivity index (χ1n) is 3.02. The van der Waals surface area contributed by atoms with E-state index in [-0.39, 0.29) is 0 Å². The van der Waals surface area contributed by atoms with Gasteiger partial charge in [0.05, 0.1) is 11.7 Å². The second-order valence-electron chi connectivity index (χ2n) is 2.07. The SMILES string of the molecule is N[C@H](C=O)Cc1cc[nH]n1. The Morgan fingerprint density at radius 2 is 2.70 bits per heavy atom. The van der Waals surface area contributed by atoms with Crippen LogP contribution < -0.4 is 5.73 Å². The normalized spacial score (nSPS) is 12.9. The molecule has 1 aromatic heterocycles. The lowest BCUT2D eigenvalue weighted by Crippen LogP contribution is -2.24. The predicted molar refractivity (Wildman–Crippen MR) is 36.3 cm³/mol. The van der Waals surface area contributed by atoms with Crippen LogP contribution in [0.1, 0.15) is 5.69 Å². The van der Waals surface area contributed by atoms with Crippen LogP contribution in [0.2, 0.25) is 0 Å². The highest BCUT2D eigenvalue weighted by atomic mass is 16.1. The van der Waals surface area contributed by atoms with E-state index < -0.39 is 6.04 Å². The lowest BCUT2D eigenvalue weighted by Gasteiger charge is -1.97. The van der Waals surface area contributed by atoms with E-state index in [4.69, 9.17) is 5.73 Å². The van der Waals surface area contributed by atoms with Crippen molar-refractivity contribution in [3.05, 3.63) is 18.0 Å². The number of rotatable bonds is 3. The molecule has 0 aromatic carbocycles. The number of carbonyl (C=O) groups excluding carboxylic acids is 1. The van der Waals surface area contributed by atoms with Gasteiger partial charge in [-0.3, -0.25) is 5.10 Å². The van der Waals surface area contributed by atoms with Crippen LogP contribution >= 0.6 is 0 Å². The van der Waals surface area contributed by atoms with Crippen molar-refractivity contribution in [2.45, 2.75) is 12.5 Å². The molecule has 0 aliphatic heterocycles. The van der Waals surface area contributed by atoms with E-state index in [1.54, 1.807) is 12.3 Å². The quantitative estimate of drug-likeness (QED) is 0.553. The number of carbonyl (C=O) groups is 1. The Labute approximate surface area is 58.4 Å². The minimum absolute atomic E-state index is 0.428. The number of H-pyrrole nitrogens is 1. The van der Waals surface area contributed by atoms with Gasteiger partial charge in [-0.25, -0.2) is 0 Å². The summed E-state index contributed by atoms with van der Waals surface area (Å²) >= 11 is 0. The zero-order valence-electron chi connectivity index (χ0n) is 5.45. The molecule has 4 nitrogen and oxygen atoms in total. The van der Waals surface area contributed by atoms with Gasteiger partial charge in [0, 0.05) is 12.6 Å². The first-order valence-corrected chi connectivity index (χ1v) is 3.02. The Morgan fingerprint density at radius 3 is 3.20 bits per heavy atom. The number of nitrogens with two attached hydrogens (primary N) is 1. The maximum Gasteiger partial charge on any atom is 0.137 e. The monoisotopic (exact) mass is 139 g/mol. The van der Waals surface area contributed by atoms with Gasteiger partial charge in [-0.05, 0) is 6.07 Å². The molecule has 10 heavy (non-hydrogen) atoms. The molecule has 54 valence electrons. The largest absolute Gasteiger partial charge is 0.321 e. The molecule has 1 aromatic rings. The highest BCUT2D eigenvalue weighted by Crippen LogP contribution is 1.93. The van der Waals surface area contributed by atoms with Gasteiger partial charge in [-0.2, -0.15) is 5.10 Å². The third-order valence-corrected chi connectivity index (χ3v) is 1.18. The van der Waals surface area contributed by atoms with Crippen molar-refractivity contribution in [1.82, 2.24) is 10.2 Å². The Morgan fingerprint density at radius 1 is 1.90 bits per heavy atom. The third kappa shape index (κ3) is 1.66. The number of aromatic nitrogens is 2. The molecule has 4 heteroatoms. The number of nitrogens with zero attached hydrogens (tertiary/aromatic N) is 1. The summed E-state index contributed by atoms with van der Waals surface area (Å²) in [6.07, 6.45) is 2.93. The van der Waals surface area contributed by atoms with Crippen LogP contribution in [-0.4, -0.2) is 22.5 Å². The van der Waals surface area contributed by atoms with Gasteiger partial charge in [0.2, 0.25) is 0 Å². The average Bonchev–Trinajstić information content (AvgIpc) is 2.40. The number of aromatic amines is 1. The number of aldehydes is 1. The van der Waals surface area contributed by atoms with Gasteiger partial charge >= 0.3 is 0 Å². The Bertz CT molecular complexity index is 195. The summed E-state index contributed by atoms with van der Waals surface area (Å²) < 4.78 is 0. The molecular formula is C6H9N3O. The van der Waals surface area contributed by atoms with Crippen molar-refractivity contribution in [1.29, 1.82) is 0 Å². The van der Waals surface area contributed by atoms with Gasteiger partial charge < -0.3 is 10.5 Å². The summed E-state index contributed by atoms with van der Waals surface area (Å²) in [5.41, 5.74) is 6.16. The van der Waals surface area contributed by atoms with Crippen LogP contribution in [0.3, 0.4) is 0 Å². The van der Waals surface area contributed by atoms with E-state index >= 15 is 0 Å². The van der Waals surface area contributed by atoms with Crippen LogP contribution in [0.5, 0.6) is 0 Å². The molecule has 1 atom stereocenters. The summed E-state index contributed by atoms with van der Waals surface area (Å²) in [5, 5.41) is 6.48. The zero-order chi connectivity index (χ0) is 7.40. The predicted octanol–water partition coefficient (Wildman–Crippen LogP) is -0.522. The van der Waals surface area contributed by atoms with E-state index in [9.17, 15) is 4.79 Å². The molecule has 0 bridgehead atoms. The van der Waals surface area contributed by atoms with Gasteiger partial charge in [0.1, 0.15) is 6.29 Å². The minimum Gasteiger partial charge on any atom is -0.321 e. The third-order valence-electron chi connectivity index (χ3n) is 1.18. The van der Waals surface area contributed by atoms with E-state index in [0.717, 1.165) is 5.69 Å². The van der Waals surface area contributed by atoms with Crippen molar-refractivity contribution >= 4 is 6.29 Å². The highest BCUT2D eigenvalue weighted by molar-refractivity contribution is 5.57. The molecule has 0 aliphatic carbocycles. The Balaban J connectivity index is 2.47. The highest BCUT2D eigenvalue weighted by Gasteiger charge is 2.01. The molecule has 0 amide bonds. The lowest BCUT2D eigenvalue weighted by atomic mass is 10.2. The molecule has 1 heterocycles. The Hall–Kier alpha value is -1.16. The standard InChI is InChI=1S/C6H9N3O/c7-5(4-10)3-6-1-2-8-9-6/h1-2,4-5H,3,7H2,(H,8,9)/t5-/m0/s1. The number of hydrogen-bond donors (Lipinski definition) is 2. The summed E-state index contributed by atoms with van der Waals surface area (Å²) in [5.74, 6) is 0. The molecule has 0 saturated heterocycles. The van der Waals surface area contributed by atoms with Crippen molar-refractivity contribution in [2.75, 3.05) is 0 Å².